The van der Waals surface area contributed by atoms with Crippen molar-refractivity contribution in [2.24, 2.45) is 0 Å². The third kappa shape index (κ3) is 3.21. The first-order valence-corrected chi connectivity index (χ1v) is 8.93. The zero-order chi connectivity index (χ0) is 19.0. The van der Waals surface area contributed by atoms with E-state index in [1.807, 2.05) is 50.2 Å². The zero-order valence-corrected chi connectivity index (χ0v) is 15.2. The Balaban J connectivity index is 1.80. The minimum atomic E-state index is -0.111. The predicted octanol–water partition coefficient (Wildman–Crippen LogP) is 3.55. The summed E-state index contributed by atoms with van der Waals surface area (Å²) in [5.74, 6) is 0.524. The van der Waals surface area contributed by atoms with Gasteiger partial charge in [-0.15, -0.1) is 0 Å². The molecular formula is C21H20N4O2. The standard InChI is InChI=1S/C21H20N4O2/c1-3-16-18(23-17-7-8-22-20-15(17)11-19(26)25-20)10-14(21(27)24-16)13-6-4-5-12(2)9-13/h4-10H,3,11H2,1-2H3,(H,24,27)(H2,22,23,25,26). The van der Waals surface area contributed by atoms with Crippen LogP contribution in [0, 0.1) is 6.92 Å². The number of aromatic nitrogens is 2. The van der Waals surface area contributed by atoms with Gasteiger partial charge in [-0.2, -0.15) is 0 Å². The number of benzene rings is 1. The van der Waals surface area contributed by atoms with Gasteiger partial charge in [0.2, 0.25) is 5.91 Å². The van der Waals surface area contributed by atoms with Crippen LogP contribution in [-0.4, -0.2) is 15.9 Å². The first-order valence-electron chi connectivity index (χ1n) is 8.93. The number of pyridine rings is 2. The summed E-state index contributed by atoms with van der Waals surface area (Å²) in [6, 6.07) is 11.6. The summed E-state index contributed by atoms with van der Waals surface area (Å²) >= 11 is 0. The Kier molecular flexibility index (Phi) is 4.24. The maximum absolute atomic E-state index is 12.6. The first-order chi connectivity index (χ1) is 13.0. The number of aryl methyl sites for hydroxylation is 2. The van der Waals surface area contributed by atoms with Gasteiger partial charge in [0.05, 0.1) is 12.1 Å². The molecule has 6 heteroatoms. The Labute approximate surface area is 156 Å². The minimum absolute atomic E-state index is 0.0654. The van der Waals surface area contributed by atoms with Crippen LogP contribution in [0.25, 0.3) is 11.1 Å². The van der Waals surface area contributed by atoms with Crippen LogP contribution in [0.4, 0.5) is 17.2 Å². The van der Waals surface area contributed by atoms with Gasteiger partial charge in [-0.1, -0.05) is 36.8 Å². The van der Waals surface area contributed by atoms with E-state index in [1.165, 1.54) is 0 Å². The Morgan fingerprint density at radius 2 is 2.00 bits per heavy atom. The van der Waals surface area contributed by atoms with E-state index >= 15 is 0 Å². The van der Waals surface area contributed by atoms with Crippen LogP contribution in [-0.2, 0) is 17.6 Å². The second-order valence-corrected chi connectivity index (χ2v) is 6.66. The molecule has 1 aliphatic heterocycles. The van der Waals surface area contributed by atoms with Crippen molar-refractivity contribution in [1.82, 2.24) is 9.97 Å². The van der Waals surface area contributed by atoms with Gasteiger partial charge < -0.3 is 15.6 Å². The van der Waals surface area contributed by atoms with Crippen molar-refractivity contribution in [1.29, 1.82) is 0 Å². The molecule has 0 saturated heterocycles. The molecule has 0 spiro atoms. The van der Waals surface area contributed by atoms with Gasteiger partial charge in [0, 0.05) is 28.7 Å². The van der Waals surface area contributed by atoms with Crippen LogP contribution >= 0.6 is 0 Å². The van der Waals surface area contributed by atoms with Crippen molar-refractivity contribution in [3.05, 3.63) is 69.8 Å². The summed E-state index contributed by atoms with van der Waals surface area (Å²) in [6.45, 7) is 3.99. The second kappa shape index (κ2) is 6.72. The molecule has 0 fully saturated rings. The Morgan fingerprint density at radius 1 is 1.15 bits per heavy atom. The molecule has 2 aromatic heterocycles. The molecule has 3 aromatic rings. The topological polar surface area (TPSA) is 86.9 Å². The van der Waals surface area contributed by atoms with E-state index in [2.05, 4.69) is 20.6 Å². The van der Waals surface area contributed by atoms with E-state index in [4.69, 9.17) is 0 Å². The normalized spacial score (nSPS) is 12.6. The molecule has 3 heterocycles. The molecule has 0 atom stereocenters. The highest BCUT2D eigenvalue weighted by Gasteiger charge is 2.22. The SMILES string of the molecule is CCc1[nH]c(=O)c(-c2cccc(C)c2)cc1Nc1ccnc2c1CC(=O)N2. The molecular weight excluding hydrogens is 340 g/mol. The van der Waals surface area contributed by atoms with Crippen LogP contribution in [0.2, 0.25) is 0 Å². The number of rotatable bonds is 4. The molecule has 4 rings (SSSR count). The highest BCUT2D eigenvalue weighted by molar-refractivity contribution is 6.00. The summed E-state index contributed by atoms with van der Waals surface area (Å²) < 4.78 is 0. The number of hydrogen-bond donors (Lipinski definition) is 3. The lowest BCUT2D eigenvalue weighted by Gasteiger charge is -2.15. The number of nitrogens with one attached hydrogen (secondary N) is 3. The molecule has 0 aliphatic carbocycles. The molecule has 1 aromatic carbocycles. The third-order valence-electron chi connectivity index (χ3n) is 4.73. The van der Waals surface area contributed by atoms with E-state index in [0.717, 1.165) is 33.8 Å². The van der Waals surface area contributed by atoms with E-state index < -0.39 is 0 Å². The van der Waals surface area contributed by atoms with Crippen LogP contribution in [0.1, 0.15) is 23.7 Å². The number of fused-ring (bicyclic) bond motifs is 1. The Morgan fingerprint density at radius 3 is 2.78 bits per heavy atom. The number of anilines is 3. The number of hydrogen-bond acceptors (Lipinski definition) is 4. The highest BCUT2D eigenvalue weighted by Crippen LogP contribution is 2.31. The Hall–Kier alpha value is -3.41. The number of aromatic amines is 1. The largest absolute Gasteiger partial charge is 0.354 e. The average Bonchev–Trinajstić information content (AvgIpc) is 3.04. The number of amides is 1. The van der Waals surface area contributed by atoms with Gasteiger partial charge in [0.25, 0.3) is 5.56 Å². The molecule has 0 radical (unpaired) electrons. The van der Waals surface area contributed by atoms with Crippen LogP contribution in [0.15, 0.2) is 47.4 Å². The van der Waals surface area contributed by atoms with Gasteiger partial charge in [-0.05, 0) is 31.0 Å². The van der Waals surface area contributed by atoms with Gasteiger partial charge in [-0.3, -0.25) is 9.59 Å². The van der Waals surface area contributed by atoms with Crippen molar-refractivity contribution in [2.75, 3.05) is 10.6 Å². The maximum Gasteiger partial charge on any atom is 0.256 e. The van der Waals surface area contributed by atoms with E-state index in [9.17, 15) is 9.59 Å². The maximum atomic E-state index is 12.6. The monoisotopic (exact) mass is 360 g/mol. The van der Waals surface area contributed by atoms with Crippen LogP contribution < -0.4 is 16.2 Å². The third-order valence-corrected chi connectivity index (χ3v) is 4.73. The quantitative estimate of drug-likeness (QED) is 0.664. The summed E-state index contributed by atoms with van der Waals surface area (Å²) in [5, 5.41) is 6.15. The summed E-state index contributed by atoms with van der Waals surface area (Å²) in [5.41, 5.74) is 5.76. The molecule has 3 N–H and O–H groups in total. The lowest BCUT2D eigenvalue weighted by Crippen LogP contribution is -2.14. The number of H-pyrrole nitrogens is 1. The van der Waals surface area contributed by atoms with Gasteiger partial charge >= 0.3 is 0 Å². The van der Waals surface area contributed by atoms with E-state index in [1.54, 1.807) is 6.20 Å². The van der Waals surface area contributed by atoms with Crippen LogP contribution in [0.5, 0.6) is 0 Å². The lowest BCUT2D eigenvalue weighted by atomic mass is 10.0. The van der Waals surface area contributed by atoms with E-state index in [0.29, 0.717) is 24.2 Å². The Bertz CT molecular complexity index is 1100. The number of carbonyl (C=O) groups is 1. The lowest BCUT2D eigenvalue weighted by molar-refractivity contribution is -0.115. The smallest absolute Gasteiger partial charge is 0.256 e. The molecule has 0 unspecified atom stereocenters. The summed E-state index contributed by atoms with van der Waals surface area (Å²) in [7, 11) is 0. The molecule has 6 nitrogen and oxygen atoms in total. The van der Waals surface area contributed by atoms with Crippen molar-refractivity contribution in [3.63, 3.8) is 0 Å². The second-order valence-electron chi connectivity index (χ2n) is 6.66. The van der Waals surface area contributed by atoms with Crippen molar-refractivity contribution < 1.29 is 4.79 Å². The molecule has 0 saturated carbocycles. The molecule has 1 amide bonds. The fraction of sp³-hybridized carbons (Fsp3) is 0.190. The highest BCUT2D eigenvalue weighted by atomic mass is 16.2. The van der Waals surface area contributed by atoms with Crippen LogP contribution in [0.3, 0.4) is 0 Å². The first kappa shape index (κ1) is 17.0. The summed E-state index contributed by atoms with van der Waals surface area (Å²) in [6.07, 6.45) is 2.63. The molecule has 1 aliphatic rings. The van der Waals surface area contributed by atoms with Crippen molar-refractivity contribution >= 4 is 23.1 Å². The molecule has 136 valence electrons. The molecule has 0 bridgehead atoms. The predicted molar refractivity (Wildman–Crippen MR) is 106 cm³/mol. The van der Waals surface area contributed by atoms with Gasteiger partial charge in [0.15, 0.2) is 0 Å². The minimum Gasteiger partial charge on any atom is -0.354 e. The number of carbonyl (C=O) groups excluding carboxylic acids is 1. The van der Waals surface area contributed by atoms with Crippen molar-refractivity contribution in [2.45, 2.75) is 26.7 Å². The van der Waals surface area contributed by atoms with Gasteiger partial charge in [0.1, 0.15) is 5.82 Å². The summed E-state index contributed by atoms with van der Waals surface area (Å²) in [4.78, 5) is 31.5. The zero-order valence-electron chi connectivity index (χ0n) is 15.2. The van der Waals surface area contributed by atoms with E-state index in [-0.39, 0.29) is 11.5 Å². The molecule has 27 heavy (non-hydrogen) atoms. The van der Waals surface area contributed by atoms with Crippen molar-refractivity contribution in [3.8, 4) is 11.1 Å². The van der Waals surface area contributed by atoms with Gasteiger partial charge in [-0.25, -0.2) is 4.98 Å². The number of nitrogens with zero attached hydrogens (tertiary/aromatic N) is 1. The average molecular weight is 360 g/mol. The fourth-order valence-electron chi connectivity index (χ4n) is 3.36. The fourth-order valence-corrected chi connectivity index (χ4v) is 3.36.